The Morgan fingerprint density at radius 1 is 0.828 bits per heavy atom. The van der Waals surface area contributed by atoms with E-state index in [0.717, 1.165) is 0 Å². The first kappa shape index (κ1) is 26.0. The Morgan fingerprint density at radius 2 is 1.31 bits per heavy atom. The van der Waals surface area contributed by atoms with Crippen molar-refractivity contribution >= 4 is 27.6 Å². The van der Waals surface area contributed by atoms with Crippen LogP contribution in [-0.4, -0.2) is 100 Å². The quantitative estimate of drug-likeness (QED) is 0.141. The molecule has 0 bridgehead atoms. The molecule has 9 N–H and O–H groups in total. The van der Waals surface area contributed by atoms with Crippen LogP contribution in [0.2, 0.25) is 0 Å². The number of aliphatic carboxylic acids is 2. The number of aliphatic hydroxyl groups excluding tert-OH is 4. The summed E-state index contributed by atoms with van der Waals surface area (Å²) in [5.41, 5.74) is 0. The summed E-state index contributed by atoms with van der Waals surface area (Å²) in [6, 6.07) is 0. The SMILES string of the molecule is O=C(O)C[C@H](COP(=O)(O)O[C@H]1[C@H](O)[C@@H](OP(=O)(O)O)[C@H](O)[C@@H](O)[C@H]1O)C(=O)O. The van der Waals surface area contributed by atoms with Gasteiger partial charge >= 0.3 is 27.6 Å². The van der Waals surface area contributed by atoms with Gasteiger partial charge < -0.3 is 45.3 Å². The molecule has 0 aromatic carbocycles. The fraction of sp³-hybridized carbons (Fsp3) is 0.818. The van der Waals surface area contributed by atoms with Crippen LogP contribution < -0.4 is 0 Å². The molecule has 18 heteroatoms. The molecule has 0 saturated heterocycles. The molecule has 1 fully saturated rings. The second kappa shape index (κ2) is 9.87. The molecule has 170 valence electrons. The van der Waals surface area contributed by atoms with Crippen molar-refractivity contribution in [2.45, 2.75) is 43.0 Å². The third-order valence-corrected chi connectivity index (χ3v) is 5.27. The highest BCUT2D eigenvalue weighted by Crippen LogP contribution is 2.49. The molecule has 1 aliphatic carbocycles. The van der Waals surface area contributed by atoms with Gasteiger partial charge in [0.25, 0.3) is 0 Å². The monoisotopic (exact) mass is 470 g/mol. The topological polar surface area (TPSA) is 278 Å². The third-order valence-electron chi connectivity index (χ3n) is 3.77. The summed E-state index contributed by atoms with van der Waals surface area (Å²) in [6.45, 7) is -1.14. The summed E-state index contributed by atoms with van der Waals surface area (Å²) in [5, 5.41) is 56.7. The maximum atomic E-state index is 12.0. The second-order valence-corrected chi connectivity index (χ2v) is 8.59. The van der Waals surface area contributed by atoms with Crippen LogP contribution in [0.25, 0.3) is 0 Å². The minimum absolute atomic E-state index is 0.979. The van der Waals surface area contributed by atoms with Gasteiger partial charge in [-0.1, -0.05) is 0 Å². The highest BCUT2D eigenvalue weighted by atomic mass is 31.2. The molecule has 1 rings (SSSR count). The van der Waals surface area contributed by atoms with Crippen LogP contribution in [0, 0.1) is 5.92 Å². The van der Waals surface area contributed by atoms with Gasteiger partial charge in [0, 0.05) is 0 Å². The van der Waals surface area contributed by atoms with Crippen molar-refractivity contribution in [2.75, 3.05) is 6.61 Å². The molecule has 0 spiro atoms. The molecule has 1 aliphatic rings. The van der Waals surface area contributed by atoms with E-state index in [1.54, 1.807) is 0 Å². The van der Waals surface area contributed by atoms with Crippen molar-refractivity contribution in [3.63, 3.8) is 0 Å². The van der Waals surface area contributed by atoms with Gasteiger partial charge in [0.1, 0.15) is 36.6 Å². The first-order chi connectivity index (χ1) is 13.1. The van der Waals surface area contributed by atoms with Crippen molar-refractivity contribution in [2.24, 2.45) is 5.92 Å². The molecule has 0 aromatic rings. The maximum absolute atomic E-state index is 12.0. The van der Waals surface area contributed by atoms with E-state index in [9.17, 15) is 44.0 Å². The summed E-state index contributed by atoms with van der Waals surface area (Å²) < 4.78 is 35.8. The predicted molar refractivity (Wildman–Crippen MR) is 85.0 cm³/mol. The minimum atomic E-state index is -5.34. The van der Waals surface area contributed by atoms with E-state index >= 15 is 0 Å². The number of carboxylic acids is 2. The zero-order valence-electron chi connectivity index (χ0n) is 14.2. The molecular formula is C11H20O16P2. The van der Waals surface area contributed by atoms with E-state index in [4.69, 9.17) is 20.0 Å². The van der Waals surface area contributed by atoms with Gasteiger partial charge in [0.2, 0.25) is 0 Å². The molecule has 0 radical (unpaired) electrons. The molecule has 16 nitrogen and oxygen atoms in total. The average molecular weight is 470 g/mol. The normalized spacial score (nSPS) is 33.6. The standard InChI is InChI=1S/C11H20O16P2/c12-4(13)1-3(11(18)19)2-25-29(23,24)27-10-7(16)5(14)6(15)9(8(10)17)26-28(20,21)22/h3,5-10,14-17H,1-2H2,(H,12,13)(H,18,19)(H,23,24)(H2,20,21,22)/t3-,5-,6-,7-,8-,9+,10-/m1/s1. The summed E-state index contributed by atoms with van der Waals surface area (Å²) in [6.07, 6.45) is -14.7. The molecule has 1 saturated carbocycles. The second-order valence-electron chi connectivity index (χ2n) is 5.99. The first-order valence-corrected chi connectivity index (χ1v) is 10.6. The highest BCUT2D eigenvalue weighted by molar-refractivity contribution is 7.47. The fourth-order valence-corrected chi connectivity index (χ4v) is 3.94. The van der Waals surface area contributed by atoms with E-state index in [2.05, 4.69) is 13.6 Å². The van der Waals surface area contributed by atoms with Gasteiger partial charge in [-0.15, -0.1) is 0 Å². The van der Waals surface area contributed by atoms with Gasteiger partial charge in [0.05, 0.1) is 18.9 Å². The van der Waals surface area contributed by atoms with Crippen molar-refractivity contribution < 1.29 is 77.6 Å². The molecular weight excluding hydrogens is 450 g/mol. The van der Waals surface area contributed by atoms with Crippen molar-refractivity contribution in [3.05, 3.63) is 0 Å². The van der Waals surface area contributed by atoms with Gasteiger partial charge in [-0.3, -0.25) is 23.2 Å². The average Bonchev–Trinajstić information content (AvgIpc) is 2.56. The summed E-state index contributed by atoms with van der Waals surface area (Å²) in [4.78, 5) is 48.7. The van der Waals surface area contributed by atoms with Crippen LogP contribution in [0.15, 0.2) is 0 Å². The van der Waals surface area contributed by atoms with Crippen molar-refractivity contribution in [3.8, 4) is 0 Å². The number of rotatable bonds is 10. The lowest BCUT2D eigenvalue weighted by atomic mass is 9.85. The van der Waals surface area contributed by atoms with Crippen LogP contribution >= 0.6 is 15.6 Å². The minimum Gasteiger partial charge on any atom is -0.481 e. The Morgan fingerprint density at radius 3 is 1.72 bits per heavy atom. The summed E-state index contributed by atoms with van der Waals surface area (Å²) in [5.74, 6) is -5.00. The Kier molecular flexibility index (Phi) is 8.86. The Hall–Kier alpha value is -1.000. The largest absolute Gasteiger partial charge is 0.481 e. The summed E-state index contributed by atoms with van der Waals surface area (Å²) >= 11 is 0. The fourth-order valence-electron chi connectivity index (χ4n) is 2.39. The predicted octanol–water partition coefficient (Wildman–Crippen LogP) is -3.40. The molecule has 0 aromatic heterocycles. The van der Waals surface area contributed by atoms with Gasteiger partial charge in [-0.05, 0) is 0 Å². The van der Waals surface area contributed by atoms with E-state index in [1.807, 2.05) is 0 Å². The Labute approximate surface area is 161 Å². The van der Waals surface area contributed by atoms with Crippen LogP contribution in [0.1, 0.15) is 6.42 Å². The maximum Gasteiger partial charge on any atom is 0.472 e. The van der Waals surface area contributed by atoms with Gasteiger partial charge in [0.15, 0.2) is 0 Å². The number of aliphatic hydroxyl groups is 4. The highest BCUT2D eigenvalue weighted by Gasteiger charge is 2.54. The van der Waals surface area contributed by atoms with Crippen LogP contribution in [0.4, 0.5) is 0 Å². The summed E-state index contributed by atoms with van der Waals surface area (Å²) in [7, 11) is -10.7. The molecule has 0 aliphatic heterocycles. The van der Waals surface area contributed by atoms with Crippen molar-refractivity contribution in [1.82, 2.24) is 0 Å². The lowest BCUT2D eigenvalue weighted by molar-refractivity contribution is -0.216. The van der Waals surface area contributed by atoms with Crippen LogP contribution in [-0.2, 0) is 32.3 Å². The van der Waals surface area contributed by atoms with E-state index in [-0.39, 0.29) is 0 Å². The number of hydrogen-bond donors (Lipinski definition) is 9. The zero-order chi connectivity index (χ0) is 22.7. The third kappa shape index (κ3) is 7.64. The van der Waals surface area contributed by atoms with E-state index < -0.39 is 83.2 Å². The lowest BCUT2D eigenvalue weighted by Gasteiger charge is -2.43. The number of carboxylic acid groups (broad SMARTS) is 2. The van der Waals surface area contributed by atoms with Crippen LogP contribution in [0.5, 0.6) is 0 Å². The van der Waals surface area contributed by atoms with E-state index in [0.29, 0.717) is 0 Å². The van der Waals surface area contributed by atoms with Crippen LogP contribution in [0.3, 0.4) is 0 Å². The van der Waals surface area contributed by atoms with Crippen molar-refractivity contribution in [1.29, 1.82) is 0 Å². The van der Waals surface area contributed by atoms with Gasteiger partial charge in [-0.2, -0.15) is 0 Å². The molecule has 0 heterocycles. The number of phosphoric acid groups is 2. The molecule has 29 heavy (non-hydrogen) atoms. The smallest absolute Gasteiger partial charge is 0.472 e. The van der Waals surface area contributed by atoms with E-state index in [1.165, 1.54) is 0 Å². The van der Waals surface area contributed by atoms with Gasteiger partial charge in [-0.25, -0.2) is 9.13 Å². The Balaban J connectivity index is 2.94. The first-order valence-electron chi connectivity index (χ1n) is 7.62. The molecule has 0 amide bonds. The Bertz CT molecular complexity index is 690. The number of carbonyl (C=O) groups is 2. The lowest BCUT2D eigenvalue weighted by Crippen LogP contribution is -2.64. The zero-order valence-corrected chi connectivity index (χ0v) is 16.0. The molecule has 1 unspecified atom stereocenters. The molecule has 8 atom stereocenters. The number of hydrogen-bond acceptors (Lipinski definition) is 11. The number of phosphoric ester groups is 2.